The number of thiophene rings is 1. The number of amides is 1. The van der Waals surface area contributed by atoms with E-state index in [4.69, 9.17) is 9.47 Å². The summed E-state index contributed by atoms with van der Waals surface area (Å²) in [7, 11) is 1.65. The van der Waals surface area contributed by atoms with Gasteiger partial charge in [0.15, 0.2) is 11.6 Å². The number of nitrogens with zero attached hydrogens (tertiary/aromatic N) is 2. The molecule has 0 saturated carbocycles. The summed E-state index contributed by atoms with van der Waals surface area (Å²) in [5, 5.41) is 12.5. The minimum Gasteiger partial charge on any atom is -0.488 e. The topological polar surface area (TPSA) is 62.2 Å². The molecule has 186 valence electrons. The van der Waals surface area contributed by atoms with Crippen molar-refractivity contribution in [1.29, 1.82) is 0 Å². The maximum atomic E-state index is 14.1. The second kappa shape index (κ2) is 13.6. The summed E-state index contributed by atoms with van der Waals surface area (Å²) in [6, 6.07) is 8.06. The van der Waals surface area contributed by atoms with E-state index >= 15 is 0 Å². The van der Waals surface area contributed by atoms with E-state index in [9.17, 15) is 14.3 Å². The minimum absolute atomic E-state index is 0.0210. The average Bonchev–Trinajstić information content (AvgIpc) is 3.31. The van der Waals surface area contributed by atoms with Crippen LogP contribution in [0.15, 0.2) is 48.4 Å². The molecule has 0 saturated heterocycles. The molecule has 1 amide bonds. The van der Waals surface area contributed by atoms with E-state index in [1.165, 1.54) is 10.9 Å². The summed E-state index contributed by atoms with van der Waals surface area (Å²) in [6.07, 6.45) is 4.16. The van der Waals surface area contributed by atoms with Gasteiger partial charge in [-0.25, -0.2) is 4.39 Å². The van der Waals surface area contributed by atoms with Crippen LogP contribution in [0.5, 0.6) is 5.75 Å². The molecule has 1 aliphatic heterocycles. The van der Waals surface area contributed by atoms with Gasteiger partial charge in [-0.1, -0.05) is 18.2 Å². The Kier molecular flexibility index (Phi) is 10.5. The smallest absolute Gasteiger partial charge is 0.237 e. The molecule has 8 heteroatoms. The van der Waals surface area contributed by atoms with Gasteiger partial charge in [0.25, 0.3) is 0 Å². The number of aliphatic hydroxyl groups is 1. The summed E-state index contributed by atoms with van der Waals surface area (Å²) in [5.74, 6) is -0.254. The lowest BCUT2D eigenvalue weighted by Gasteiger charge is -2.37. The number of carbonyl (C=O) groups excluding carboxylic acids is 1. The first-order valence-electron chi connectivity index (χ1n) is 11.8. The Morgan fingerprint density at radius 1 is 1.41 bits per heavy atom. The van der Waals surface area contributed by atoms with Crippen molar-refractivity contribution in [2.75, 3.05) is 46.5 Å². The van der Waals surface area contributed by atoms with Crippen LogP contribution in [-0.2, 0) is 16.0 Å². The van der Waals surface area contributed by atoms with E-state index < -0.39 is 11.9 Å². The van der Waals surface area contributed by atoms with Gasteiger partial charge in [0, 0.05) is 38.2 Å². The van der Waals surface area contributed by atoms with Gasteiger partial charge in [0.1, 0.15) is 6.61 Å². The summed E-state index contributed by atoms with van der Waals surface area (Å²) in [5.41, 5.74) is 1.07. The molecule has 0 radical (unpaired) electrons. The number of allylic oxidation sites excluding steroid dienone is 1. The SMILES string of the molecule is C=CCC[C@@H](O)CN(CCCOC)CC(=O)N1CCc2sccc2[C@H]1COc1ccccc1F. The number of methoxy groups -OCH3 is 1. The maximum absolute atomic E-state index is 14.1. The molecule has 1 N–H and O–H groups in total. The van der Waals surface area contributed by atoms with Crippen LogP contribution in [0, 0.1) is 5.82 Å². The highest BCUT2D eigenvalue weighted by Gasteiger charge is 2.33. The molecule has 2 heterocycles. The second-order valence-electron chi connectivity index (χ2n) is 8.49. The fourth-order valence-corrected chi connectivity index (χ4v) is 5.18. The number of fused-ring (bicyclic) bond motifs is 1. The van der Waals surface area contributed by atoms with Crippen LogP contribution >= 0.6 is 11.3 Å². The standard InChI is InChI=1S/C26H35FN2O4S/c1-3-4-8-20(30)17-28(13-7-15-32-2)18-26(31)29-14-11-25-21(12-16-34-25)23(29)19-33-24-10-6-5-9-22(24)27/h3,5-6,9-10,12,16,20,23,30H,1,4,7-8,11,13-15,17-19H2,2H3/t20-,23-/m1/s1. The number of halogens is 1. The Morgan fingerprint density at radius 2 is 2.24 bits per heavy atom. The lowest BCUT2D eigenvalue weighted by molar-refractivity contribution is -0.136. The Labute approximate surface area is 205 Å². The Balaban J connectivity index is 1.70. The summed E-state index contributed by atoms with van der Waals surface area (Å²) in [6.45, 7) is 6.34. The van der Waals surface area contributed by atoms with E-state index in [0.29, 0.717) is 32.7 Å². The van der Waals surface area contributed by atoms with Crippen LogP contribution < -0.4 is 4.74 Å². The Hall–Kier alpha value is -2.26. The zero-order valence-electron chi connectivity index (χ0n) is 19.8. The molecule has 0 spiro atoms. The lowest BCUT2D eigenvalue weighted by atomic mass is 10.0. The number of para-hydroxylation sites is 1. The van der Waals surface area contributed by atoms with E-state index in [2.05, 4.69) is 6.58 Å². The van der Waals surface area contributed by atoms with Crippen LogP contribution in [0.25, 0.3) is 0 Å². The van der Waals surface area contributed by atoms with Gasteiger partial charge in [-0.3, -0.25) is 9.69 Å². The molecular weight excluding hydrogens is 455 g/mol. The van der Waals surface area contributed by atoms with Crippen LogP contribution in [-0.4, -0.2) is 73.4 Å². The normalized spacial score (nSPS) is 16.4. The zero-order valence-corrected chi connectivity index (χ0v) is 20.6. The van der Waals surface area contributed by atoms with Gasteiger partial charge >= 0.3 is 0 Å². The third-order valence-corrected chi connectivity index (χ3v) is 7.00. The third-order valence-electron chi connectivity index (χ3n) is 6.00. The van der Waals surface area contributed by atoms with Crippen molar-refractivity contribution in [3.8, 4) is 5.75 Å². The fraction of sp³-hybridized carbons (Fsp3) is 0.500. The van der Waals surface area contributed by atoms with Crippen molar-refractivity contribution < 1.29 is 23.8 Å². The van der Waals surface area contributed by atoms with Crippen LogP contribution in [0.4, 0.5) is 4.39 Å². The van der Waals surface area contributed by atoms with Gasteiger partial charge in [0.2, 0.25) is 5.91 Å². The molecule has 3 rings (SSSR count). The van der Waals surface area contributed by atoms with Crippen LogP contribution in [0.3, 0.4) is 0 Å². The summed E-state index contributed by atoms with van der Waals surface area (Å²) in [4.78, 5) is 18.6. The van der Waals surface area contributed by atoms with Crippen LogP contribution in [0.2, 0.25) is 0 Å². The highest BCUT2D eigenvalue weighted by atomic mass is 32.1. The molecule has 34 heavy (non-hydrogen) atoms. The molecule has 1 aromatic carbocycles. The van der Waals surface area contributed by atoms with E-state index in [-0.39, 0.29) is 30.9 Å². The maximum Gasteiger partial charge on any atom is 0.237 e. The summed E-state index contributed by atoms with van der Waals surface area (Å²) >= 11 is 1.68. The van der Waals surface area contributed by atoms with E-state index in [1.807, 2.05) is 21.2 Å². The summed E-state index contributed by atoms with van der Waals surface area (Å²) < 4.78 is 25.1. The van der Waals surface area contributed by atoms with Crippen molar-refractivity contribution in [1.82, 2.24) is 9.80 Å². The van der Waals surface area contributed by atoms with Crippen molar-refractivity contribution in [2.45, 2.75) is 37.8 Å². The van der Waals surface area contributed by atoms with Gasteiger partial charge in [-0.2, -0.15) is 0 Å². The van der Waals surface area contributed by atoms with Crippen molar-refractivity contribution in [3.05, 3.63) is 64.6 Å². The van der Waals surface area contributed by atoms with Crippen LogP contribution in [0.1, 0.15) is 35.7 Å². The highest BCUT2D eigenvalue weighted by Crippen LogP contribution is 2.34. The number of rotatable bonds is 14. The number of hydrogen-bond donors (Lipinski definition) is 1. The van der Waals surface area contributed by atoms with Crippen molar-refractivity contribution >= 4 is 17.2 Å². The number of carbonyl (C=O) groups is 1. The molecule has 0 aliphatic carbocycles. The largest absolute Gasteiger partial charge is 0.488 e. The average molecular weight is 491 g/mol. The monoisotopic (exact) mass is 490 g/mol. The van der Waals surface area contributed by atoms with Gasteiger partial charge in [-0.05, 0) is 54.8 Å². The lowest BCUT2D eigenvalue weighted by Crippen LogP contribution is -2.48. The second-order valence-corrected chi connectivity index (χ2v) is 9.50. The minimum atomic E-state index is -0.529. The zero-order chi connectivity index (χ0) is 24.3. The number of benzene rings is 1. The number of aliphatic hydroxyl groups excluding tert-OH is 1. The molecule has 6 nitrogen and oxygen atoms in total. The first-order valence-corrected chi connectivity index (χ1v) is 12.6. The molecule has 0 fully saturated rings. The highest BCUT2D eigenvalue weighted by molar-refractivity contribution is 7.10. The number of ether oxygens (including phenoxy) is 2. The third kappa shape index (κ3) is 7.37. The first kappa shape index (κ1) is 26.3. The molecular formula is C26H35FN2O4S. The molecule has 1 aliphatic rings. The van der Waals surface area contributed by atoms with Crippen molar-refractivity contribution in [3.63, 3.8) is 0 Å². The molecule has 1 aromatic heterocycles. The quantitative estimate of drug-likeness (QED) is 0.320. The van der Waals surface area contributed by atoms with Gasteiger partial charge in [-0.15, -0.1) is 17.9 Å². The Morgan fingerprint density at radius 3 is 3.00 bits per heavy atom. The van der Waals surface area contributed by atoms with E-state index in [1.54, 1.807) is 42.7 Å². The van der Waals surface area contributed by atoms with Gasteiger partial charge in [0.05, 0.1) is 18.7 Å². The van der Waals surface area contributed by atoms with E-state index in [0.717, 1.165) is 24.8 Å². The predicted molar refractivity (Wildman–Crippen MR) is 133 cm³/mol. The molecule has 2 aromatic rings. The molecule has 2 atom stereocenters. The molecule has 0 unspecified atom stereocenters. The Bertz CT molecular complexity index is 922. The van der Waals surface area contributed by atoms with Crippen molar-refractivity contribution in [2.24, 2.45) is 0 Å². The molecule has 0 bridgehead atoms. The fourth-order valence-electron chi connectivity index (χ4n) is 4.25. The number of hydrogen-bond acceptors (Lipinski definition) is 6. The van der Waals surface area contributed by atoms with Gasteiger partial charge < -0.3 is 19.5 Å². The first-order chi connectivity index (χ1) is 16.5. The predicted octanol–water partition coefficient (Wildman–Crippen LogP) is 4.06.